The van der Waals surface area contributed by atoms with Gasteiger partial charge in [-0.25, -0.2) is 0 Å². The van der Waals surface area contributed by atoms with Crippen molar-refractivity contribution in [3.05, 3.63) is 22.6 Å². The number of carbonyl (C=O) groups excluding carboxylic acids is 1. The molecule has 1 N–H and O–H groups in total. The van der Waals surface area contributed by atoms with Gasteiger partial charge in [-0.2, -0.15) is 0 Å². The van der Waals surface area contributed by atoms with Gasteiger partial charge in [-0.3, -0.25) is 9.59 Å². The third-order valence-electron chi connectivity index (χ3n) is 7.64. The number of aliphatic carboxylic acids is 1. The summed E-state index contributed by atoms with van der Waals surface area (Å²) in [6.45, 7) is 7.19. The molecule has 1 atom stereocenters. The van der Waals surface area contributed by atoms with Gasteiger partial charge >= 0.3 is 11.9 Å². The molecule has 0 fully saturated rings. The molecule has 6 nitrogen and oxygen atoms in total. The molecule has 1 unspecified atom stereocenters. The normalized spacial score (nSPS) is 12.6. The van der Waals surface area contributed by atoms with Crippen molar-refractivity contribution >= 4 is 11.9 Å². The molecule has 6 heteroatoms. The molecule has 0 saturated carbocycles. The minimum atomic E-state index is -0.928. The van der Waals surface area contributed by atoms with Crippen molar-refractivity contribution in [1.82, 2.24) is 0 Å². The molecule has 0 amide bonds. The number of likely N-dealkylation sites (N-methyl/N-ethyl adjacent to an activating group) is 1. The summed E-state index contributed by atoms with van der Waals surface area (Å²) in [5.41, 5.74) is 2.75. The Balaban J connectivity index is 2.00. The fourth-order valence-electron chi connectivity index (χ4n) is 5.25. The van der Waals surface area contributed by atoms with Crippen LogP contribution in [-0.4, -0.2) is 55.3 Å². The van der Waals surface area contributed by atoms with E-state index in [4.69, 9.17) is 14.3 Å². The SMILES string of the molecule is CCCCCc1oc(CCCCCCCCCCCCCCC(=O)OC(CC(=O)O)C[N+](C)(C)C)c(C)c1C. The Morgan fingerprint density at radius 2 is 1.18 bits per heavy atom. The first kappa shape index (κ1) is 35.2. The van der Waals surface area contributed by atoms with Gasteiger partial charge < -0.3 is 18.7 Å². The number of rotatable bonds is 24. The first-order valence-corrected chi connectivity index (χ1v) is 15.8. The standard InChI is InChI=1S/C33H59NO5/c1-7-8-19-22-30-27(2)28(3)31(39-30)23-20-17-15-13-11-9-10-12-14-16-18-21-24-33(37)38-29(25-32(35)36)26-34(4,5)6/h29H,7-26H2,1-6H3/p+1. The predicted molar refractivity (Wildman–Crippen MR) is 160 cm³/mol. The second kappa shape index (κ2) is 20.1. The van der Waals surface area contributed by atoms with Crippen LogP contribution in [0.1, 0.15) is 139 Å². The number of quaternary nitrogens is 1. The molecule has 0 saturated heterocycles. The van der Waals surface area contributed by atoms with Crippen LogP contribution in [0.25, 0.3) is 0 Å². The largest absolute Gasteiger partial charge is 0.481 e. The van der Waals surface area contributed by atoms with E-state index >= 15 is 0 Å². The maximum atomic E-state index is 12.1. The second-order valence-electron chi connectivity index (χ2n) is 12.6. The molecular weight excluding hydrogens is 490 g/mol. The van der Waals surface area contributed by atoms with Crippen molar-refractivity contribution < 1.29 is 28.3 Å². The van der Waals surface area contributed by atoms with E-state index in [0.717, 1.165) is 32.1 Å². The van der Waals surface area contributed by atoms with Crippen molar-refractivity contribution in [3.8, 4) is 0 Å². The number of unbranched alkanes of at least 4 members (excludes halogenated alkanes) is 13. The highest BCUT2D eigenvalue weighted by Gasteiger charge is 2.24. The monoisotopic (exact) mass is 550 g/mol. The summed E-state index contributed by atoms with van der Waals surface area (Å²) in [6, 6.07) is 0. The number of ether oxygens (including phenoxy) is 1. The van der Waals surface area contributed by atoms with Crippen LogP contribution in [0.15, 0.2) is 4.42 Å². The van der Waals surface area contributed by atoms with E-state index in [-0.39, 0.29) is 12.4 Å². The molecule has 0 aliphatic heterocycles. The number of furan rings is 1. The van der Waals surface area contributed by atoms with E-state index in [9.17, 15) is 9.59 Å². The molecule has 1 rings (SSSR count). The summed E-state index contributed by atoms with van der Waals surface area (Å²) in [5.74, 6) is 1.24. The lowest BCUT2D eigenvalue weighted by Crippen LogP contribution is -2.43. The van der Waals surface area contributed by atoms with Crippen molar-refractivity contribution in [1.29, 1.82) is 0 Å². The van der Waals surface area contributed by atoms with Crippen LogP contribution < -0.4 is 0 Å². The number of nitrogens with zero attached hydrogens (tertiary/aromatic N) is 1. The average Bonchev–Trinajstić information content (AvgIpc) is 3.10. The number of hydrogen-bond acceptors (Lipinski definition) is 4. The van der Waals surface area contributed by atoms with E-state index in [1.165, 1.54) is 99.7 Å². The summed E-state index contributed by atoms with van der Waals surface area (Å²) in [4.78, 5) is 23.2. The highest BCUT2D eigenvalue weighted by atomic mass is 16.5. The molecule has 0 radical (unpaired) electrons. The second-order valence-corrected chi connectivity index (χ2v) is 12.6. The topological polar surface area (TPSA) is 76.7 Å². The van der Waals surface area contributed by atoms with Gasteiger partial charge in [0.2, 0.25) is 0 Å². The van der Waals surface area contributed by atoms with Gasteiger partial charge in [0.1, 0.15) is 18.1 Å². The molecule has 226 valence electrons. The van der Waals surface area contributed by atoms with E-state index in [1.54, 1.807) is 0 Å². The number of aryl methyl sites for hydroxylation is 2. The van der Waals surface area contributed by atoms with Gasteiger partial charge in [-0.15, -0.1) is 0 Å². The third-order valence-corrected chi connectivity index (χ3v) is 7.64. The Kier molecular flexibility index (Phi) is 18.2. The van der Waals surface area contributed by atoms with Crippen molar-refractivity contribution in [3.63, 3.8) is 0 Å². The van der Waals surface area contributed by atoms with Crippen LogP contribution in [0.3, 0.4) is 0 Å². The zero-order valence-corrected chi connectivity index (χ0v) is 26.2. The van der Waals surface area contributed by atoms with Crippen molar-refractivity contribution in [2.24, 2.45) is 0 Å². The molecular formula is C33H60NO5+. The molecule has 0 aliphatic rings. The van der Waals surface area contributed by atoms with Crippen molar-refractivity contribution in [2.45, 2.75) is 149 Å². The minimum absolute atomic E-state index is 0.133. The Morgan fingerprint density at radius 1 is 0.744 bits per heavy atom. The Bertz CT molecular complexity index is 808. The quantitative estimate of drug-likeness (QED) is 0.0795. The predicted octanol–water partition coefficient (Wildman–Crippen LogP) is 8.34. The van der Waals surface area contributed by atoms with Gasteiger partial charge in [0.15, 0.2) is 6.10 Å². The molecule has 1 aromatic heterocycles. The molecule has 1 aromatic rings. The van der Waals surface area contributed by atoms with E-state index in [0.29, 0.717) is 17.4 Å². The van der Waals surface area contributed by atoms with Crippen LogP contribution >= 0.6 is 0 Å². The molecule has 0 bridgehead atoms. The van der Waals surface area contributed by atoms with E-state index in [2.05, 4.69) is 20.8 Å². The first-order chi connectivity index (χ1) is 18.5. The van der Waals surface area contributed by atoms with Crippen LogP contribution in [0.2, 0.25) is 0 Å². The average molecular weight is 551 g/mol. The van der Waals surface area contributed by atoms with Crippen molar-refractivity contribution in [2.75, 3.05) is 27.7 Å². The van der Waals surface area contributed by atoms with Gasteiger partial charge in [0.05, 0.1) is 27.6 Å². The number of carboxylic acids is 1. The van der Waals surface area contributed by atoms with Crippen LogP contribution in [-0.2, 0) is 27.2 Å². The van der Waals surface area contributed by atoms with Gasteiger partial charge in [-0.05, 0) is 44.2 Å². The number of carbonyl (C=O) groups is 2. The minimum Gasteiger partial charge on any atom is -0.481 e. The molecule has 0 aliphatic carbocycles. The fourth-order valence-corrected chi connectivity index (χ4v) is 5.25. The number of carboxylic acid groups (broad SMARTS) is 1. The van der Waals surface area contributed by atoms with E-state index < -0.39 is 12.1 Å². The molecule has 0 spiro atoms. The highest BCUT2D eigenvalue weighted by molar-refractivity contribution is 5.71. The lowest BCUT2D eigenvalue weighted by atomic mass is 10.0. The summed E-state index contributed by atoms with van der Waals surface area (Å²) in [7, 11) is 5.91. The molecule has 1 heterocycles. The summed E-state index contributed by atoms with van der Waals surface area (Å²) in [6.07, 6.45) is 20.2. The number of esters is 1. The van der Waals surface area contributed by atoms with Crippen LogP contribution in [0.5, 0.6) is 0 Å². The lowest BCUT2D eigenvalue weighted by molar-refractivity contribution is -0.873. The van der Waals surface area contributed by atoms with Gasteiger partial charge in [-0.1, -0.05) is 84.0 Å². The highest BCUT2D eigenvalue weighted by Crippen LogP contribution is 2.25. The fraction of sp³-hybridized carbons (Fsp3) is 0.818. The summed E-state index contributed by atoms with van der Waals surface area (Å²) < 4.78 is 12.2. The Morgan fingerprint density at radius 3 is 1.62 bits per heavy atom. The molecule has 39 heavy (non-hydrogen) atoms. The number of hydrogen-bond donors (Lipinski definition) is 1. The third kappa shape index (κ3) is 17.5. The Hall–Kier alpha value is -1.82. The zero-order chi connectivity index (χ0) is 29.1. The van der Waals surface area contributed by atoms with Gasteiger partial charge in [0, 0.05) is 19.3 Å². The maximum Gasteiger partial charge on any atom is 0.307 e. The van der Waals surface area contributed by atoms with Crippen LogP contribution in [0.4, 0.5) is 0 Å². The van der Waals surface area contributed by atoms with Gasteiger partial charge in [0.25, 0.3) is 0 Å². The smallest absolute Gasteiger partial charge is 0.307 e. The zero-order valence-electron chi connectivity index (χ0n) is 26.2. The van der Waals surface area contributed by atoms with Crippen LogP contribution in [0, 0.1) is 13.8 Å². The molecule has 0 aromatic carbocycles. The maximum absolute atomic E-state index is 12.1. The van der Waals surface area contributed by atoms with E-state index in [1.807, 2.05) is 21.1 Å². The first-order valence-electron chi connectivity index (χ1n) is 15.8. The summed E-state index contributed by atoms with van der Waals surface area (Å²) >= 11 is 0. The Labute approximate surface area is 239 Å². The summed E-state index contributed by atoms with van der Waals surface area (Å²) in [5, 5.41) is 9.07. The lowest BCUT2D eigenvalue weighted by Gasteiger charge is -2.28.